The molecule has 1 aliphatic rings. The fraction of sp³-hybridized carbons (Fsp3) is 0.0566. The van der Waals surface area contributed by atoms with E-state index in [1.54, 1.807) is 0 Å². The molecule has 0 bridgehead atoms. The molecule has 9 aromatic carbocycles. The van der Waals surface area contributed by atoms with Gasteiger partial charge in [0.15, 0.2) is 0 Å². The molecule has 4 heteroatoms. The quantitative estimate of drug-likeness (QED) is 0.165. The predicted octanol–water partition coefficient (Wildman–Crippen LogP) is 14.5. The summed E-state index contributed by atoms with van der Waals surface area (Å²) in [5, 5.41) is 14.9. The van der Waals surface area contributed by atoms with Crippen molar-refractivity contribution in [2.24, 2.45) is 0 Å². The molecule has 3 aromatic heterocycles. The third kappa shape index (κ3) is 4.10. The Labute approximate surface area is 332 Å². The van der Waals surface area contributed by atoms with E-state index in [0.29, 0.717) is 5.95 Å². The van der Waals surface area contributed by atoms with Crippen LogP contribution >= 0.6 is 11.3 Å². The maximum absolute atomic E-state index is 5.75. The Morgan fingerprint density at radius 1 is 0.491 bits per heavy atom. The van der Waals surface area contributed by atoms with Gasteiger partial charge in [-0.2, -0.15) is 0 Å². The second-order valence-electron chi connectivity index (χ2n) is 16.1. The second kappa shape index (κ2) is 11.1. The van der Waals surface area contributed by atoms with Gasteiger partial charge in [-0.3, -0.25) is 4.57 Å². The fourth-order valence-electron chi connectivity index (χ4n) is 10.2. The van der Waals surface area contributed by atoms with Gasteiger partial charge < -0.3 is 0 Å². The van der Waals surface area contributed by atoms with Crippen molar-refractivity contribution in [3.63, 3.8) is 0 Å². The van der Waals surface area contributed by atoms with Crippen LogP contribution in [0.4, 0.5) is 0 Å². The van der Waals surface area contributed by atoms with Crippen LogP contribution in [-0.2, 0) is 5.41 Å². The molecule has 3 nitrogen and oxygen atoms in total. The molecule has 0 unspecified atom stereocenters. The smallest absolute Gasteiger partial charge is 0.235 e. The highest BCUT2D eigenvalue weighted by atomic mass is 32.1. The van der Waals surface area contributed by atoms with Crippen LogP contribution < -0.4 is 0 Å². The molecule has 0 spiro atoms. The van der Waals surface area contributed by atoms with Crippen molar-refractivity contribution in [1.82, 2.24) is 14.5 Å². The van der Waals surface area contributed by atoms with Gasteiger partial charge in [-0.1, -0.05) is 153 Å². The molecule has 1 aliphatic carbocycles. The normalized spacial score (nSPS) is 13.6. The van der Waals surface area contributed by atoms with Crippen LogP contribution in [0.1, 0.15) is 25.1 Å². The van der Waals surface area contributed by atoms with Gasteiger partial charge in [0.05, 0.1) is 22.4 Å². The Morgan fingerprint density at radius 3 is 1.95 bits per heavy atom. The highest BCUT2D eigenvalue weighted by Gasteiger charge is 2.40. The van der Waals surface area contributed by atoms with Crippen LogP contribution in [0, 0.1) is 0 Å². The third-order valence-corrected chi connectivity index (χ3v) is 13.9. The molecule has 0 saturated heterocycles. The van der Waals surface area contributed by atoms with E-state index < -0.39 is 0 Å². The summed E-state index contributed by atoms with van der Waals surface area (Å²) >= 11 is 1.85. The van der Waals surface area contributed by atoms with E-state index in [1.165, 1.54) is 85.2 Å². The SMILES string of the molecule is CC1(C)c2ccccc2-c2c(-c3ccc4sc5ccccc5c4c3)nc(-n3c4ccc5c6ccccc6c6ccccc6c5c4c4ccc5ccccc5c43)nc21. The van der Waals surface area contributed by atoms with E-state index in [2.05, 4.69) is 182 Å². The molecule has 57 heavy (non-hydrogen) atoms. The Hall–Kier alpha value is -6.88. The van der Waals surface area contributed by atoms with Crippen molar-refractivity contribution in [3.8, 4) is 28.3 Å². The minimum Gasteiger partial charge on any atom is -0.277 e. The van der Waals surface area contributed by atoms with Crippen LogP contribution in [-0.4, -0.2) is 14.5 Å². The van der Waals surface area contributed by atoms with Crippen molar-refractivity contribution < 1.29 is 0 Å². The monoisotopic (exact) mass is 743 g/mol. The lowest BCUT2D eigenvalue weighted by molar-refractivity contribution is 0.632. The Balaban J connectivity index is 1.22. The van der Waals surface area contributed by atoms with Gasteiger partial charge in [-0.05, 0) is 67.7 Å². The lowest BCUT2D eigenvalue weighted by Crippen LogP contribution is -2.18. The first-order chi connectivity index (χ1) is 28.0. The first-order valence-electron chi connectivity index (χ1n) is 19.7. The number of rotatable bonds is 2. The molecule has 0 radical (unpaired) electrons. The number of aromatic nitrogens is 3. The lowest BCUT2D eigenvalue weighted by atomic mass is 9.85. The predicted molar refractivity (Wildman–Crippen MR) is 242 cm³/mol. The van der Waals surface area contributed by atoms with E-state index >= 15 is 0 Å². The summed E-state index contributed by atoms with van der Waals surface area (Å²) in [5.74, 6) is 0.695. The first kappa shape index (κ1) is 31.3. The average Bonchev–Trinajstić information content (AvgIpc) is 3.89. The summed E-state index contributed by atoms with van der Waals surface area (Å²) in [7, 11) is 0. The number of thiophene rings is 1. The van der Waals surface area contributed by atoms with Gasteiger partial charge in [0.25, 0.3) is 0 Å². The molecule has 0 fully saturated rings. The van der Waals surface area contributed by atoms with Crippen LogP contribution in [0.2, 0.25) is 0 Å². The van der Waals surface area contributed by atoms with Gasteiger partial charge in [0.1, 0.15) is 0 Å². The van der Waals surface area contributed by atoms with Gasteiger partial charge >= 0.3 is 0 Å². The number of benzene rings is 9. The zero-order chi connectivity index (χ0) is 37.6. The van der Waals surface area contributed by atoms with Crippen LogP contribution in [0.5, 0.6) is 0 Å². The highest BCUT2D eigenvalue weighted by molar-refractivity contribution is 7.25. The summed E-state index contributed by atoms with van der Waals surface area (Å²) in [6, 6.07) is 60.2. The molecular weight excluding hydrogens is 711 g/mol. The van der Waals surface area contributed by atoms with Gasteiger partial charge in [0.2, 0.25) is 5.95 Å². The number of nitrogens with zero attached hydrogens (tertiary/aromatic N) is 3. The highest BCUT2D eigenvalue weighted by Crippen LogP contribution is 2.52. The van der Waals surface area contributed by atoms with Crippen LogP contribution in [0.15, 0.2) is 164 Å². The van der Waals surface area contributed by atoms with Crippen molar-refractivity contribution >= 4 is 96.4 Å². The number of hydrogen-bond donors (Lipinski definition) is 0. The van der Waals surface area contributed by atoms with E-state index in [-0.39, 0.29) is 5.41 Å². The summed E-state index contributed by atoms with van der Waals surface area (Å²) in [4.78, 5) is 11.5. The lowest BCUT2D eigenvalue weighted by Gasteiger charge is -2.21. The molecule has 12 aromatic rings. The standard InChI is InChI=1S/C53H33N3S/c1-53(2)42-21-11-9-20-39(42)48-49(31-24-28-45-41(29-31)36-18-10-12-22-44(36)57-45)54-52(55-51(48)53)56-43-27-26-38-35-17-6-5-15-33(35)34-16-7-8-19-37(34)46(38)47(43)40-25-23-30-13-3-4-14-32(30)50(40)56/h3-29H,1-2H3. The van der Waals surface area contributed by atoms with Crippen LogP contribution in [0.25, 0.3) is 113 Å². The van der Waals surface area contributed by atoms with Crippen LogP contribution in [0.3, 0.4) is 0 Å². The van der Waals surface area contributed by atoms with Crippen molar-refractivity contribution in [1.29, 1.82) is 0 Å². The van der Waals surface area contributed by atoms with Gasteiger partial charge in [-0.15, -0.1) is 11.3 Å². The van der Waals surface area contributed by atoms with E-state index in [0.717, 1.165) is 33.5 Å². The molecule has 0 saturated carbocycles. The van der Waals surface area contributed by atoms with Gasteiger partial charge in [-0.25, -0.2) is 9.97 Å². The van der Waals surface area contributed by atoms with E-state index in [4.69, 9.17) is 9.97 Å². The molecular formula is C53H33N3S. The second-order valence-corrected chi connectivity index (χ2v) is 17.2. The van der Waals surface area contributed by atoms with Crippen molar-refractivity contribution in [3.05, 3.63) is 175 Å². The molecule has 266 valence electrons. The van der Waals surface area contributed by atoms with Crippen molar-refractivity contribution in [2.45, 2.75) is 19.3 Å². The number of fused-ring (bicyclic) bond motifs is 18. The summed E-state index contributed by atoms with van der Waals surface area (Å²) in [6.45, 7) is 4.64. The Bertz CT molecular complexity index is 3700. The molecule has 3 heterocycles. The zero-order valence-electron chi connectivity index (χ0n) is 31.3. The topological polar surface area (TPSA) is 30.7 Å². The summed E-state index contributed by atoms with van der Waals surface area (Å²) < 4.78 is 4.96. The fourth-order valence-corrected chi connectivity index (χ4v) is 11.3. The summed E-state index contributed by atoms with van der Waals surface area (Å²) in [5.41, 5.74) is 8.67. The first-order valence-corrected chi connectivity index (χ1v) is 20.5. The largest absolute Gasteiger partial charge is 0.277 e. The molecule has 0 aliphatic heterocycles. The van der Waals surface area contributed by atoms with Gasteiger partial charge in [0, 0.05) is 58.3 Å². The average molecular weight is 744 g/mol. The molecule has 13 rings (SSSR count). The van der Waals surface area contributed by atoms with E-state index in [9.17, 15) is 0 Å². The number of hydrogen-bond acceptors (Lipinski definition) is 3. The maximum atomic E-state index is 5.75. The minimum absolute atomic E-state index is 0.333. The summed E-state index contributed by atoms with van der Waals surface area (Å²) in [6.07, 6.45) is 0. The third-order valence-electron chi connectivity index (χ3n) is 12.7. The zero-order valence-corrected chi connectivity index (χ0v) is 32.2. The van der Waals surface area contributed by atoms with Crippen molar-refractivity contribution in [2.75, 3.05) is 0 Å². The minimum atomic E-state index is -0.333. The Kier molecular flexibility index (Phi) is 6.12. The maximum Gasteiger partial charge on any atom is 0.235 e. The van der Waals surface area contributed by atoms with E-state index in [1.807, 2.05) is 11.3 Å². The Morgan fingerprint density at radius 2 is 1.12 bits per heavy atom. The molecule has 0 atom stereocenters. The molecule has 0 N–H and O–H groups in total. The molecule has 0 amide bonds.